The van der Waals surface area contributed by atoms with Crippen molar-refractivity contribution in [3.8, 4) is 11.8 Å². The van der Waals surface area contributed by atoms with Crippen LogP contribution >= 0.6 is 0 Å². The number of nitrogens with zero attached hydrogens (tertiary/aromatic N) is 1. The molecule has 2 rings (SSSR count). The lowest BCUT2D eigenvalue weighted by atomic mass is 9.81. The van der Waals surface area contributed by atoms with Gasteiger partial charge >= 0.3 is 0 Å². The molecule has 0 saturated carbocycles. The molecule has 2 heteroatoms. The molecule has 21 heavy (non-hydrogen) atoms. The third-order valence-electron chi connectivity index (χ3n) is 3.54. The minimum atomic E-state index is -0.528. The van der Waals surface area contributed by atoms with Gasteiger partial charge in [0, 0.05) is 0 Å². The van der Waals surface area contributed by atoms with Gasteiger partial charge in [0.05, 0.1) is 11.5 Å². The second-order valence-electron chi connectivity index (χ2n) is 5.24. The molecule has 0 radical (unpaired) electrons. The van der Waals surface area contributed by atoms with Crippen molar-refractivity contribution in [1.82, 2.24) is 0 Å². The predicted molar refractivity (Wildman–Crippen MR) is 85.0 cm³/mol. The highest BCUT2D eigenvalue weighted by molar-refractivity contribution is 5.36. The third-order valence-corrected chi connectivity index (χ3v) is 3.54. The largest absolute Gasteiger partial charge is 0.489 e. The van der Waals surface area contributed by atoms with Gasteiger partial charge in [-0.1, -0.05) is 48.5 Å². The van der Waals surface area contributed by atoms with E-state index in [1.54, 1.807) is 6.08 Å². The minimum absolute atomic E-state index is 0.528. The van der Waals surface area contributed by atoms with Crippen molar-refractivity contribution in [2.75, 3.05) is 0 Å². The second-order valence-corrected chi connectivity index (χ2v) is 5.24. The topological polar surface area (TPSA) is 33.0 Å². The van der Waals surface area contributed by atoms with Crippen molar-refractivity contribution in [3.63, 3.8) is 0 Å². The summed E-state index contributed by atoms with van der Waals surface area (Å²) in [6, 6.07) is 20.1. The number of ether oxygens (including phenoxy) is 1. The first-order chi connectivity index (χ1) is 10.2. The highest BCUT2D eigenvalue weighted by Crippen LogP contribution is 2.28. The van der Waals surface area contributed by atoms with Crippen LogP contribution in [0.25, 0.3) is 0 Å². The van der Waals surface area contributed by atoms with E-state index in [-0.39, 0.29) is 0 Å². The highest BCUT2D eigenvalue weighted by atomic mass is 16.5. The Morgan fingerprint density at radius 1 is 1.14 bits per heavy atom. The van der Waals surface area contributed by atoms with E-state index >= 15 is 0 Å². The fourth-order valence-corrected chi connectivity index (χ4v) is 2.18. The number of allylic oxidation sites excluding steroid dienone is 1. The molecule has 1 atom stereocenters. The van der Waals surface area contributed by atoms with Crippen LogP contribution in [0.2, 0.25) is 0 Å². The van der Waals surface area contributed by atoms with Gasteiger partial charge in [-0.3, -0.25) is 0 Å². The van der Waals surface area contributed by atoms with Gasteiger partial charge in [0.15, 0.2) is 0 Å². The Morgan fingerprint density at radius 3 is 2.38 bits per heavy atom. The lowest BCUT2D eigenvalue weighted by Gasteiger charge is -2.20. The molecule has 0 aliphatic heterocycles. The molecule has 0 fully saturated rings. The molecule has 0 bridgehead atoms. The second kappa shape index (κ2) is 6.76. The minimum Gasteiger partial charge on any atom is -0.489 e. The lowest BCUT2D eigenvalue weighted by Crippen LogP contribution is -2.18. The van der Waals surface area contributed by atoms with Gasteiger partial charge in [0.2, 0.25) is 0 Å². The van der Waals surface area contributed by atoms with Crippen LogP contribution in [0.3, 0.4) is 0 Å². The summed E-state index contributed by atoms with van der Waals surface area (Å²) in [5.41, 5.74) is 1.59. The Balaban J connectivity index is 2.05. The molecule has 0 amide bonds. The zero-order valence-electron chi connectivity index (χ0n) is 12.3. The number of hydrogen-bond donors (Lipinski definition) is 0. The smallest absolute Gasteiger partial charge is 0.119 e. The van der Waals surface area contributed by atoms with Gasteiger partial charge in [0.1, 0.15) is 12.4 Å². The van der Waals surface area contributed by atoms with E-state index in [1.807, 2.05) is 61.5 Å². The molecule has 0 saturated heterocycles. The Morgan fingerprint density at radius 2 is 1.81 bits per heavy atom. The average Bonchev–Trinajstić information content (AvgIpc) is 2.54. The normalized spacial score (nSPS) is 13.0. The van der Waals surface area contributed by atoms with Crippen LogP contribution in [0.15, 0.2) is 67.3 Å². The van der Waals surface area contributed by atoms with Gasteiger partial charge in [-0.15, -0.1) is 6.58 Å². The van der Waals surface area contributed by atoms with Crippen LogP contribution in [0, 0.1) is 11.3 Å². The van der Waals surface area contributed by atoms with Crippen molar-refractivity contribution in [3.05, 3.63) is 78.4 Å². The molecule has 0 aliphatic carbocycles. The molecular weight excluding hydrogens is 258 g/mol. The maximum atomic E-state index is 9.36. The van der Waals surface area contributed by atoms with Gasteiger partial charge in [0.25, 0.3) is 0 Å². The van der Waals surface area contributed by atoms with Crippen LogP contribution in [0.4, 0.5) is 0 Å². The fourth-order valence-electron chi connectivity index (χ4n) is 2.18. The molecule has 0 spiro atoms. The van der Waals surface area contributed by atoms with Gasteiger partial charge < -0.3 is 4.74 Å². The van der Waals surface area contributed by atoms with Crippen molar-refractivity contribution in [1.29, 1.82) is 5.26 Å². The van der Waals surface area contributed by atoms with Crippen LogP contribution in [-0.2, 0) is 12.0 Å². The summed E-state index contributed by atoms with van der Waals surface area (Å²) < 4.78 is 5.75. The lowest BCUT2D eigenvalue weighted by molar-refractivity contribution is 0.306. The number of rotatable bonds is 6. The number of benzene rings is 2. The summed E-state index contributed by atoms with van der Waals surface area (Å²) in [4.78, 5) is 0. The summed E-state index contributed by atoms with van der Waals surface area (Å²) in [5.74, 6) is 0.807. The first-order valence-corrected chi connectivity index (χ1v) is 6.97. The van der Waals surface area contributed by atoms with Crippen molar-refractivity contribution in [2.45, 2.75) is 25.4 Å². The summed E-state index contributed by atoms with van der Waals surface area (Å²) in [7, 11) is 0. The quantitative estimate of drug-likeness (QED) is 0.722. The summed E-state index contributed by atoms with van der Waals surface area (Å²) >= 11 is 0. The van der Waals surface area contributed by atoms with Crippen LogP contribution in [-0.4, -0.2) is 0 Å². The first-order valence-electron chi connectivity index (χ1n) is 6.97. The molecule has 2 aromatic carbocycles. The van der Waals surface area contributed by atoms with E-state index in [2.05, 4.69) is 12.6 Å². The average molecular weight is 277 g/mol. The Hall–Kier alpha value is -2.53. The van der Waals surface area contributed by atoms with E-state index in [0.29, 0.717) is 13.0 Å². The van der Waals surface area contributed by atoms with Crippen LogP contribution < -0.4 is 4.74 Å². The predicted octanol–water partition coefficient (Wildman–Crippen LogP) is 4.62. The van der Waals surface area contributed by atoms with Crippen molar-refractivity contribution in [2.24, 2.45) is 0 Å². The van der Waals surface area contributed by atoms with E-state index in [9.17, 15) is 5.26 Å². The Kier molecular flexibility index (Phi) is 4.79. The number of nitriles is 1. The van der Waals surface area contributed by atoms with Gasteiger partial charge in [-0.25, -0.2) is 0 Å². The summed E-state index contributed by atoms with van der Waals surface area (Å²) in [5, 5.41) is 9.36. The van der Waals surface area contributed by atoms with E-state index in [4.69, 9.17) is 4.74 Å². The molecule has 1 unspecified atom stereocenters. The highest BCUT2D eigenvalue weighted by Gasteiger charge is 2.24. The summed E-state index contributed by atoms with van der Waals surface area (Å²) in [6.07, 6.45) is 2.41. The van der Waals surface area contributed by atoms with Gasteiger partial charge in [-0.2, -0.15) is 5.26 Å². The fraction of sp³-hybridized carbons (Fsp3) is 0.211. The van der Waals surface area contributed by atoms with Crippen LogP contribution in [0.1, 0.15) is 24.5 Å². The number of hydrogen-bond acceptors (Lipinski definition) is 2. The molecule has 106 valence electrons. The SMILES string of the molecule is C=CCC(C)(C#N)c1ccc(OCc2ccccc2)cc1. The molecule has 0 aromatic heterocycles. The summed E-state index contributed by atoms with van der Waals surface area (Å²) in [6.45, 7) is 6.19. The van der Waals surface area contributed by atoms with Crippen molar-refractivity contribution >= 4 is 0 Å². The molecule has 2 aromatic rings. The zero-order chi connectivity index (χ0) is 15.1. The standard InChI is InChI=1S/C19H19NO/c1-3-13-19(2,15-20)17-9-11-18(12-10-17)21-14-16-7-5-4-6-8-16/h3-12H,1,13-14H2,2H3. The van der Waals surface area contributed by atoms with Gasteiger partial charge in [-0.05, 0) is 36.6 Å². The first kappa shape index (κ1) is 14.9. The molecule has 0 aliphatic rings. The van der Waals surface area contributed by atoms with Crippen LogP contribution in [0.5, 0.6) is 5.75 Å². The maximum Gasteiger partial charge on any atom is 0.119 e. The third kappa shape index (κ3) is 3.73. The van der Waals surface area contributed by atoms with E-state index < -0.39 is 5.41 Å². The van der Waals surface area contributed by atoms with E-state index in [1.165, 1.54) is 0 Å². The molecular formula is C19H19NO. The molecule has 0 heterocycles. The zero-order valence-corrected chi connectivity index (χ0v) is 12.3. The molecule has 2 nitrogen and oxygen atoms in total. The maximum absolute atomic E-state index is 9.36. The monoisotopic (exact) mass is 277 g/mol. The Labute approximate surface area is 126 Å². The molecule has 0 N–H and O–H groups in total. The van der Waals surface area contributed by atoms with Crippen molar-refractivity contribution < 1.29 is 4.74 Å². The van der Waals surface area contributed by atoms with E-state index in [0.717, 1.165) is 16.9 Å². The Bertz CT molecular complexity index is 625.